The number of carboxylic acids is 1. The first-order chi connectivity index (χ1) is 8.56. The molecule has 94 valence electrons. The van der Waals surface area contributed by atoms with Crippen LogP contribution in [-0.2, 0) is 0 Å². The standard InChI is InChI=1S/C11H8BrNO3S2/c12-9-3-4-10(17-9)18-13-6-1-2-7(11(15)16)8(14)5-6/h1-5,13-14H,(H,15,16). The summed E-state index contributed by atoms with van der Waals surface area (Å²) >= 11 is 6.34. The Morgan fingerprint density at radius 2 is 2.11 bits per heavy atom. The number of benzene rings is 1. The molecular weight excluding hydrogens is 338 g/mol. The second-order valence-corrected chi connectivity index (χ2v) is 6.87. The fourth-order valence-electron chi connectivity index (χ4n) is 1.24. The van der Waals surface area contributed by atoms with Gasteiger partial charge in [0.05, 0.1) is 8.00 Å². The molecule has 0 amide bonds. The van der Waals surface area contributed by atoms with Crippen LogP contribution in [0.1, 0.15) is 10.4 Å². The fraction of sp³-hybridized carbons (Fsp3) is 0. The van der Waals surface area contributed by atoms with Crippen LogP contribution in [0.2, 0.25) is 0 Å². The number of nitrogens with one attached hydrogen (secondary N) is 1. The average molecular weight is 346 g/mol. The van der Waals surface area contributed by atoms with Crippen LogP contribution >= 0.6 is 39.2 Å². The number of rotatable bonds is 4. The number of aromatic carboxylic acids is 1. The molecule has 0 saturated heterocycles. The molecule has 0 saturated carbocycles. The molecule has 1 aromatic carbocycles. The van der Waals surface area contributed by atoms with Gasteiger partial charge in [0.1, 0.15) is 11.3 Å². The van der Waals surface area contributed by atoms with Crippen molar-refractivity contribution in [2.75, 3.05) is 4.72 Å². The summed E-state index contributed by atoms with van der Waals surface area (Å²) in [5, 5.41) is 18.3. The van der Waals surface area contributed by atoms with Crippen LogP contribution in [0.15, 0.2) is 38.3 Å². The highest BCUT2D eigenvalue weighted by Gasteiger charge is 2.09. The molecule has 1 heterocycles. The lowest BCUT2D eigenvalue weighted by molar-refractivity contribution is 0.0694. The van der Waals surface area contributed by atoms with Gasteiger partial charge in [-0.1, -0.05) is 0 Å². The molecule has 4 nitrogen and oxygen atoms in total. The summed E-state index contributed by atoms with van der Waals surface area (Å²) in [6, 6.07) is 8.26. The maximum absolute atomic E-state index is 10.7. The smallest absolute Gasteiger partial charge is 0.339 e. The molecule has 0 radical (unpaired) electrons. The predicted octanol–water partition coefficient (Wildman–Crippen LogP) is 4.03. The third-order valence-corrected chi connectivity index (χ3v) is 4.64. The Hall–Kier alpha value is -1.18. The molecule has 1 aromatic heterocycles. The first-order valence-electron chi connectivity index (χ1n) is 4.81. The number of phenols is 1. The van der Waals surface area contributed by atoms with Crippen molar-refractivity contribution in [3.05, 3.63) is 39.7 Å². The summed E-state index contributed by atoms with van der Waals surface area (Å²) in [5.41, 5.74) is 0.538. The van der Waals surface area contributed by atoms with Crippen LogP contribution in [0.5, 0.6) is 5.75 Å². The minimum absolute atomic E-state index is 0.107. The van der Waals surface area contributed by atoms with Crippen molar-refractivity contribution < 1.29 is 15.0 Å². The van der Waals surface area contributed by atoms with E-state index in [1.807, 2.05) is 12.1 Å². The van der Waals surface area contributed by atoms with E-state index in [4.69, 9.17) is 5.11 Å². The number of thiophene rings is 1. The highest BCUT2D eigenvalue weighted by Crippen LogP contribution is 2.32. The quantitative estimate of drug-likeness (QED) is 0.729. The molecule has 0 bridgehead atoms. The molecule has 0 atom stereocenters. The number of anilines is 1. The Morgan fingerprint density at radius 3 is 2.67 bits per heavy atom. The number of hydrogen-bond acceptors (Lipinski definition) is 5. The van der Waals surface area contributed by atoms with Gasteiger partial charge in [0.25, 0.3) is 0 Å². The molecule has 0 aliphatic rings. The van der Waals surface area contributed by atoms with Gasteiger partial charge in [-0.2, -0.15) is 0 Å². The Balaban J connectivity index is 2.06. The summed E-state index contributed by atoms with van der Waals surface area (Å²) < 4.78 is 5.13. The number of carbonyl (C=O) groups is 1. The maximum Gasteiger partial charge on any atom is 0.339 e. The van der Waals surface area contributed by atoms with Gasteiger partial charge in [0, 0.05) is 11.8 Å². The molecule has 0 aliphatic heterocycles. The van der Waals surface area contributed by atoms with Gasteiger partial charge >= 0.3 is 5.97 Å². The van der Waals surface area contributed by atoms with Gasteiger partial charge < -0.3 is 14.9 Å². The summed E-state index contributed by atoms with van der Waals surface area (Å²) in [6.45, 7) is 0. The molecule has 0 spiro atoms. The second kappa shape index (κ2) is 5.64. The van der Waals surface area contributed by atoms with Crippen LogP contribution < -0.4 is 4.72 Å². The highest BCUT2D eigenvalue weighted by atomic mass is 79.9. The van der Waals surface area contributed by atoms with Crippen molar-refractivity contribution in [2.24, 2.45) is 0 Å². The van der Waals surface area contributed by atoms with E-state index in [-0.39, 0.29) is 11.3 Å². The SMILES string of the molecule is O=C(O)c1ccc(NSc2ccc(Br)s2)cc1O. The molecule has 2 rings (SSSR count). The zero-order chi connectivity index (χ0) is 13.1. The van der Waals surface area contributed by atoms with Crippen LogP contribution in [0.4, 0.5) is 5.69 Å². The first-order valence-corrected chi connectivity index (χ1v) is 7.23. The zero-order valence-electron chi connectivity index (χ0n) is 8.88. The van der Waals surface area contributed by atoms with E-state index in [9.17, 15) is 9.90 Å². The number of carboxylic acid groups (broad SMARTS) is 1. The summed E-state index contributed by atoms with van der Waals surface area (Å²) in [4.78, 5) is 10.7. The van der Waals surface area contributed by atoms with Crippen molar-refractivity contribution in [2.45, 2.75) is 4.21 Å². The molecular formula is C11H8BrNO3S2. The molecule has 0 fully saturated rings. The lowest BCUT2D eigenvalue weighted by atomic mass is 10.2. The lowest BCUT2D eigenvalue weighted by Gasteiger charge is -2.05. The van der Waals surface area contributed by atoms with E-state index in [1.54, 1.807) is 17.4 Å². The van der Waals surface area contributed by atoms with E-state index in [1.165, 1.54) is 24.1 Å². The van der Waals surface area contributed by atoms with Crippen LogP contribution in [0.25, 0.3) is 0 Å². The lowest BCUT2D eigenvalue weighted by Crippen LogP contribution is -1.97. The summed E-state index contributed by atoms with van der Waals surface area (Å²) in [7, 11) is 0. The minimum Gasteiger partial charge on any atom is -0.507 e. The largest absolute Gasteiger partial charge is 0.507 e. The zero-order valence-corrected chi connectivity index (χ0v) is 12.1. The third-order valence-electron chi connectivity index (χ3n) is 2.05. The van der Waals surface area contributed by atoms with E-state index < -0.39 is 5.97 Å². The monoisotopic (exact) mass is 345 g/mol. The van der Waals surface area contributed by atoms with Crippen molar-refractivity contribution in [1.82, 2.24) is 0 Å². The summed E-state index contributed by atoms with van der Waals surface area (Å²) in [5.74, 6) is -1.39. The third kappa shape index (κ3) is 3.18. The van der Waals surface area contributed by atoms with Gasteiger partial charge in [0.2, 0.25) is 0 Å². The highest BCUT2D eigenvalue weighted by molar-refractivity contribution is 9.11. The fourth-order valence-corrected chi connectivity index (χ4v) is 3.72. The Labute approximate surface area is 120 Å². The Kier molecular flexibility index (Phi) is 4.15. The molecule has 0 unspecified atom stereocenters. The van der Waals surface area contributed by atoms with Crippen molar-refractivity contribution >= 4 is 50.9 Å². The van der Waals surface area contributed by atoms with E-state index >= 15 is 0 Å². The normalized spacial score (nSPS) is 10.3. The second-order valence-electron chi connectivity index (χ2n) is 3.30. The van der Waals surface area contributed by atoms with E-state index in [0.29, 0.717) is 5.69 Å². The molecule has 0 aliphatic carbocycles. The molecule has 7 heteroatoms. The van der Waals surface area contributed by atoms with Gasteiger partial charge in [0.15, 0.2) is 0 Å². The van der Waals surface area contributed by atoms with Gasteiger partial charge in [-0.25, -0.2) is 4.79 Å². The molecule has 2 aromatic rings. The predicted molar refractivity (Wildman–Crippen MR) is 76.6 cm³/mol. The number of halogens is 1. The van der Waals surface area contributed by atoms with Crippen molar-refractivity contribution in [1.29, 1.82) is 0 Å². The molecule has 18 heavy (non-hydrogen) atoms. The summed E-state index contributed by atoms with van der Waals surface area (Å²) in [6.07, 6.45) is 0. The van der Waals surface area contributed by atoms with Gasteiger partial charge in [-0.3, -0.25) is 0 Å². The molecule has 3 N–H and O–H groups in total. The topological polar surface area (TPSA) is 69.6 Å². The average Bonchev–Trinajstić information content (AvgIpc) is 2.72. The van der Waals surface area contributed by atoms with Crippen molar-refractivity contribution in [3.63, 3.8) is 0 Å². The van der Waals surface area contributed by atoms with Crippen LogP contribution in [0, 0.1) is 0 Å². The van der Waals surface area contributed by atoms with Gasteiger partial charge in [-0.05, 0) is 52.1 Å². The van der Waals surface area contributed by atoms with Crippen LogP contribution in [0.3, 0.4) is 0 Å². The minimum atomic E-state index is -1.14. The number of aromatic hydroxyl groups is 1. The number of hydrogen-bond donors (Lipinski definition) is 3. The maximum atomic E-state index is 10.7. The Morgan fingerprint density at radius 1 is 1.33 bits per heavy atom. The Bertz CT molecular complexity index is 585. The van der Waals surface area contributed by atoms with E-state index in [0.717, 1.165) is 8.00 Å². The van der Waals surface area contributed by atoms with Crippen LogP contribution in [-0.4, -0.2) is 16.2 Å². The van der Waals surface area contributed by atoms with Gasteiger partial charge in [-0.15, -0.1) is 11.3 Å². The van der Waals surface area contributed by atoms with E-state index in [2.05, 4.69) is 20.7 Å². The van der Waals surface area contributed by atoms with Crippen molar-refractivity contribution in [3.8, 4) is 5.75 Å². The first kappa shape index (κ1) is 13.3.